The SMILES string of the molecule is CC[C@@H](C)Nc1nc(Nc2ccc3sc(C)nc3c2)cc(C(F)(F)F)n1. The zero-order chi connectivity index (χ0) is 18.9. The highest BCUT2D eigenvalue weighted by Crippen LogP contribution is 2.31. The topological polar surface area (TPSA) is 62.7 Å². The smallest absolute Gasteiger partial charge is 0.352 e. The van der Waals surface area contributed by atoms with Crippen molar-refractivity contribution in [3.05, 3.63) is 35.0 Å². The van der Waals surface area contributed by atoms with Crippen LogP contribution in [0.4, 0.5) is 30.6 Å². The van der Waals surface area contributed by atoms with E-state index < -0.39 is 11.9 Å². The lowest BCUT2D eigenvalue weighted by molar-refractivity contribution is -0.141. The average Bonchev–Trinajstić information content (AvgIpc) is 2.93. The van der Waals surface area contributed by atoms with Gasteiger partial charge in [0.25, 0.3) is 0 Å². The normalized spacial score (nSPS) is 13.0. The predicted molar refractivity (Wildman–Crippen MR) is 98.0 cm³/mol. The molecule has 26 heavy (non-hydrogen) atoms. The molecule has 5 nitrogen and oxygen atoms in total. The van der Waals surface area contributed by atoms with Gasteiger partial charge in [0, 0.05) is 17.8 Å². The molecular formula is C17H18F3N5S. The summed E-state index contributed by atoms with van der Waals surface area (Å²) in [7, 11) is 0. The number of anilines is 3. The van der Waals surface area contributed by atoms with Gasteiger partial charge in [0.15, 0.2) is 5.69 Å². The summed E-state index contributed by atoms with van der Waals surface area (Å²) in [5.74, 6) is 0.0201. The van der Waals surface area contributed by atoms with Gasteiger partial charge in [-0.05, 0) is 38.5 Å². The summed E-state index contributed by atoms with van der Waals surface area (Å²) in [6.45, 7) is 5.69. The molecule has 0 amide bonds. The molecule has 0 saturated heterocycles. The van der Waals surface area contributed by atoms with Gasteiger partial charge in [-0.1, -0.05) is 6.92 Å². The third-order valence-corrected chi connectivity index (χ3v) is 4.72. The lowest BCUT2D eigenvalue weighted by Crippen LogP contribution is -2.18. The van der Waals surface area contributed by atoms with E-state index in [1.54, 1.807) is 23.5 Å². The molecule has 1 aromatic carbocycles. The third-order valence-electron chi connectivity index (χ3n) is 3.77. The summed E-state index contributed by atoms with van der Waals surface area (Å²) in [6, 6.07) is 6.32. The summed E-state index contributed by atoms with van der Waals surface area (Å²) in [5, 5.41) is 6.74. The third kappa shape index (κ3) is 4.21. The van der Waals surface area contributed by atoms with Crippen molar-refractivity contribution in [1.82, 2.24) is 15.0 Å². The van der Waals surface area contributed by atoms with Crippen LogP contribution in [0, 0.1) is 6.92 Å². The molecule has 0 unspecified atom stereocenters. The van der Waals surface area contributed by atoms with E-state index in [9.17, 15) is 13.2 Å². The largest absolute Gasteiger partial charge is 0.433 e. The van der Waals surface area contributed by atoms with Crippen molar-refractivity contribution in [2.75, 3.05) is 10.6 Å². The number of aromatic nitrogens is 3. The summed E-state index contributed by atoms with van der Waals surface area (Å²) in [4.78, 5) is 12.1. The second kappa shape index (κ2) is 7.06. The van der Waals surface area contributed by atoms with Gasteiger partial charge in [0.05, 0.1) is 15.2 Å². The molecule has 138 valence electrons. The van der Waals surface area contributed by atoms with Crippen LogP contribution in [0.5, 0.6) is 0 Å². The number of alkyl halides is 3. The molecule has 0 aliphatic rings. The molecule has 0 aliphatic carbocycles. The number of nitrogens with one attached hydrogen (secondary N) is 2. The summed E-state index contributed by atoms with van der Waals surface area (Å²) in [6.07, 6.45) is -3.82. The van der Waals surface area contributed by atoms with Crippen molar-refractivity contribution in [2.45, 2.75) is 39.4 Å². The van der Waals surface area contributed by atoms with Crippen LogP contribution in [-0.2, 0) is 6.18 Å². The lowest BCUT2D eigenvalue weighted by Gasteiger charge is -2.15. The van der Waals surface area contributed by atoms with Crippen LogP contribution in [0.15, 0.2) is 24.3 Å². The van der Waals surface area contributed by atoms with Crippen LogP contribution in [0.2, 0.25) is 0 Å². The first kappa shape index (κ1) is 18.4. The Labute approximate surface area is 152 Å². The maximum absolute atomic E-state index is 13.2. The number of hydrogen-bond acceptors (Lipinski definition) is 6. The fourth-order valence-corrected chi connectivity index (χ4v) is 3.12. The van der Waals surface area contributed by atoms with E-state index in [1.165, 1.54) is 0 Å². The number of benzene rings is 1. The van der Waals surface area contributed by atoms with Crippen LogP contribution in [0.25, 0.3) is 10.2 Å². The second-order valence-electron chi connectivity index (χ2n) is 5.95. The fourth-order valence-electron chi connectivity index (χ4n) is 2.31. The van der Waals surface area contributed by atoms with Crippen molar-refractivity contribution in [2.24, 2.45) is 0 Å². The van der Waals surface area contributed by atoms with Crippen LogP contribution >= 0.6 is 11.3 Å². The molecule has 3 aromatic rings. The van der Waals surface area contributed by atoms with Crippen molar-refractivity contribution in [1.29, 1.82) is 0 Å². The van der Waals surface area contributed by atoms with E-state index in [-0.39, 0.29) is 17.8 Å². The molecule has 2 aromatic heterocycles. The molecule has 0 spiro atoms. The summed E-state index contributed by atoms with van der Waals surface area (Å²) >= 11 is 1.56. The van der Waals surface area contributed by atoms with Gasteiger partial charge in [-0.25, -0.2) is 9.97 Å². The van der Waals surface area contributed by atoms with E-state index in [4.69, 9.17) is 0 Å². The summed E-state index contributed by atoms with van der Waals surface area (Å²) in [5.41, 5.74) is 0.413. The number of aryl methyl sites for hydroxylation is 1. The standard InChI is InChI=1S/C17H18F3N5S/c1-4-9(2)21-16-24-14(17(18,19)20)8-15(25-16)23-11-5-6-13-12(7-11)22-10(3)26-13/h5-9H,4H2,1-3H3,(H2,21,23,24,25)/t9-/m1/s1. The average molecular weight is 381 g/mol. The highest BCUT2D eigenvalue weighted by Gasteiger charge is 2.34. The number of fused-ring (bicyclic) bond motifs is 1. The highest BCUT2D eigenvalue weighted by atomic mass is 32.1. The van der Waals surface area contributed by atoms with E-state index in [0.717, 1.165) is 27.7 Å². The zero-order valence-corrected chi connectivity index (χ0v) is 15.3. The van der Waals surface area contributed by atoms with Crippen molar-refractivity contribution in [3.63, 3.8) is 0 Å². The summed E-state index contributed by atoms with van der Waals surface area (Å²) < 4.78 is 40.5. The number of thiazole rings is 1. The molecule has 0 bridgehead atoms. The molecule has 3 rings (SSSR count). The Bertz CT molecular complexity index is 922. The van der Waals surface area contributed by atoms with Gasteiger partial charge in [-0.2, -0.15) is 18.2 Å². The molecule has 1 atom stereocenters. The molecular weight excluding hydrogens is 363 g/mol. The first-order valence-electron chi connectivity index (χ1n) is 8.11. The minimum absolute atomic E-state index is 0.0411. The van der Waals surface area contributed by atoms with E-state index in [1.807, 2.05) is 26.8 Å². The molecule has 0 saturated carbocycles. The Balaban J connectivity index is 1.94. The van der Waals surface area contributed by atoms with Crippen LogP contribution in [0.1, 0.15) is 31.0 Å². The zero-order valence-electron chi connectivity index (χ0n) is 14.5. The Morgan fingerprint density at radius 1 is 1.15 bits per heavy atom. The number of hydrogen-bond donors (Lipinski definition) is 2. The van der Waals surface area contributed by atoms with Crippen molar-refractivity contribution < 1.29 is 13.2 Å². The highest BCUT2D eigenvalue weighted by molar-refractivity contribution is 7.18. The predicted octanol–water partition coefficient (Wildman–Crippen LogP) is 5.37. The van der Waals surface area contributed by atoms with Gasteiger partial charge < -0.3 is 10.6 Å². The second-order valence-corrected chi connectivity index (χ2v) is 7.19. The Morgan fingerprint density at radius 2 is 1.92 bits per heavy atom. The number of rotatable bonds is 5. The first-order chi connectivity index (χ1) is 12.2. The monoisotopic (exact) mass is 381 g/mol. The van der Waals surface area contributed by atoms with Crippen LogP contribution in [0.3, 0.4) is 0 Å². The maximum atomic E-state index is 13.2. The quantitative estimate of drug-likeness (QED) is 0.622. The molecule has 0 fully saturated rings. The Morgan fingerprint density at radius 3 is 2.62 bits per heavy atom. The molecule has 0 radical (unpaired) electrons. The Hall–Kier alpha value is -2.42. The fraction of sp³-hybridized carbons (Fsp3) is 0.353. The Kier molecular flexibility index (Phi) is 4.99. The molecule has 9 heteroatoms. The first-order valence-corrected chi connectivity index (χ1v) is 8.93. The van der Waals surface area contributed by atoms with Crippen LogP contribution in [-0.4, -0.2) is 21.0 Å². The van der Waals surface area contributed by atoms with Gasteiger partial charge >= 0.3 is 6.18 Å². The van der Waals surface area contributed by atoms with E-state index >= 15 is 0 Å². The van der Waals surface area contributed by atoms with Crippen molar-refractivity contribution >= 4 is 39.0 Å². The van der Waals surface area contributed by atoms with Gasteiger partial charge in [0.2, 0.25) is 5.95 Å². The van der Waals surface area contributed by atoms with Gasteiger partial charge in [-0.3, -0.25) is 0 Å². The minimum Gasteiger partial charge on any atom is -0.352 e. The number of halogens is 3. The molecule has 2 heterocycles. The molecule has 0 aliphatic heterocycles. The minimum atomic E-state index is -4.55. The number of nitrogens with zero attached hydrogens (tertiary/aromatic N) is 3. The van der Waals surface area contributed by atoms with Gasteiger partial charge in [-0.15, -0.1) is 11.3 Å². The van der Waals surface area contributed by atoms with Crippen molar-refractivity contribution in [3.8, 4) is 0 Å². The van der Waals surface area contributed by atoms with E-state index in [2.05, 4.69) is 25.6 Å². The van der Waals surface area contributed by atoms with Gasteiger partial charge in [0.1, 0.15) is 5.82 Å². The van der Waals surface area contributed by atoms with Crippen LogP contribution < -0.4 is 10.6 Å². The molecule has 2 N–H and O–H groups in total. The maximum Gasteiger partial charge on any atom is 0.433 e. The lowest BCUT2D eigenvalue weighted by atomic mass is 10.2. The van der Waals surface area contributed by atoms with E-state index in [0.29, 0.717) is 5.69 Å².